The summed E-state index contributed by atoms with van der Waals surface area (Å²) in [6.45, 7) is 9.90. The first-order chi connectivity index (χ1) is 15.9. The van der Waals surface area contributed by atoms with Gasteiger partial charge in [0.2, 0.25) is 0 Å². The fraction of sp³-hybridized carbons (Fsp3) is 0.692. The molecule has 3 fully saturated rings. The number of pyridine rings is 1. The molecule has 3 amide bonds. The molecule has 2 saturated carbocycles. The first kappa shape index (κ1) is 24.5. The van der Waals surface area contributed by atoms with Crippen LogP contribution in [0.2, 0.25) is 0 Å². The van der Waals surface area contributed by atoms with E-state index in [1.165, 1.54) is 38.3 Å². The van der Waals surface area contributed by atoms with Gasteiger partial charge in [-0.25, -0.2) is 9.78 Å². The van der Waals surface area contributed by atoms with E-state index in [0.29, 0.717) is 40.9 Å². The number of rotatable bonds is 3. The maximum atomic E-state index is 13.2. The Bertz CT molecular complexity index is 958. The summed E-state index contributed by atoms with van der Waals surface area (Å²) in [6, 6.07) is 1.86. The van der Waals surface area contributed by atoms with Crippen LogP contribution in [0.15, 0.2) is 12.3 Å². The van der Waals surface area contributed by atoms with Crippen LogP contribution in [0.25, 0.3) is 0 Å². The first-order valence-electron chi connectivity index (χ1n) is 12.5. The zero-order chi connectivity index (χ0) is 24.7. The van der Waals surface area contributed by atoms with E-state index in [1.807, 2.05) is 4.90 Å². The summed E-state index contributed by atoms with van der Waals surface area (Å²) in [6.07, 6.45) is 9.31. The van der Waals surface area contributed by atoms with Crippen LogP contribution in [-0.2, 0) is 14.3 Å². The van der Waals surface area contributed by atoms with E-state index in [1.54, 1.807) is 33.8 Å². The van der Waals surface area contributed by atoms with Crippen LogP contribution in [-0.4, -0.2) is 46.0 Å². The number of piperidine rings is 1. The summed E-state index contributed by atoms with van der Waals surface area (Å²) in [5.41, 5.74) is 1.00. The number of aromatic nitrogens is 1. The number of aryl methyl sites for hydroxylation is 1. The number of likely N-dealkylation sites (tertiary alicyclic amines) is 1. The number of amides is 3. The summed E-state index contributed by atoms with van der Waals surface area (Å²) in [5.74, 6) is 0.170. The van der Waals surface area contributed by atoms with Gasteiger partial charge in [-0.05, 0) is 95.1 Å². The third-order valence-corrected chi connectivity index (χ3v) is 7.62. The molecule has 0 radical (unpaired) electrons. The second-order valence-corrected chi connectivity index (χ2v) is 11.7. The average Bonchev–Trinajstić information content (AvgIpc) is 2.67. The molecule has 186 valence electrons. The SMILES string of the molecule is Cc1cc(NC(=O)C(=O)N2CC(C)CCC2C2CC3(CCC3)C2)cnc1NC(=O)OC(C)(C)C. The van der Waals surface area contributed by atoms with Crippen molar-refractivity contribution in [3.63, 3.8) is 0 Å². The van der Waals surface area contributed by atoms with Gasteiger partial charge in [-0.1, -0.05) is 13.3 Å². The molecule has 3 aliphatic rings. The standard InChI is InChI=1S/C26H38N4O4/c1-16-7-8-20(18-12-26(13-18)9-6-10-26)30(15-16)23(32)22(31)28-19-11-17(2)21(27-14-19)29-24(33)34-25(3,4)5/h11,14,16,18,20H,6-10,12-13,15H2,1-5H3,(H,28,31)(H,27,29,33). The Hall–Kier alpha value is -2.64. The van der Waals surface area contributed by atoms with Crippen LogP contribution in [0.4, 0.5) is 16.3 Å². The molecular formula is C26H38N4O4. The summed E-state index contributed by atoms with van der Waals surface area (Å²) in [7, 11) is 0. The molecule has 1 saturated heterocycles. The zero-order valence-corrected chi connectivity index (χ0v) is 21.1. The molecule has 1 aromatic heterocycles. The first-order valence-corrected chi connectivity index (χ1v) is 12.5. The van der Waals surface area contributed by atoms with E-state index in [4.69, 9.17) is 4.74 Å². The molecule has 4 rings (SSSR count). The van der Waals surface area contributed by atoms with Crippen LogP contribution in [0.1, 0.15) is 78.2 Å². The summed E-state index contributed by atoms with van der Waals surface area (Å²) >= 11 is 0. The number of nitrogens with zero attached hydrogens (tertiary/aromatic N) is 2. The Morgan fingerprint density at radius 1 is 1.15 bits per heavy atom. The highest BCUT2D eigenvalue weighted by atomic mass is 16.6. The van der Waals surface area contributed by atoms with Gasteiger partial charge < -0.3 is 15.0 Å². The summed E-state index contributed by atoms with van der Waals surface area (Å²) in [5, 5.41) is 5.32. The molecule has 0 bridgehead atoms. The van der Waals surface area contributed by atoms with Crippen molar-refractivity contribution in [2.24, 2.45) is 17.3 Å². The van der Waals surface area contributed by atoms with Gasteiger partial charge in [0.25, 0.3) is 0 Å². The Kier molecular flexibility index (Phi) is 6.62. The predicted octanol–water partition coefficient (Wildman–Crippen LogP) is 4.88. The van der Waals surface area contributed by atoms with E-state index < -0.39 is 23.5 Å². The van der Waals surface area contributed by atoms with Gasteiger partial charge in [0.05, 0.1) is 11.9 Å². The minimum absolute atomic E-state index is 0.168. The number of hydrogen-bond acceptors (Lipinski definition) is 5. The zero-order valence-electron chi connectivity index (χ0n) is 21.1. The quantitative estimate of drug-likeness (QED) is 0.613. The molecule has 2 aliphatic carbocycles. The van der Waals surface area contributed by atoms with Gasteiger partial charge in [0.1, 0.15) is 11.4 Å². The molecule has 34 heavy (non-hydrogen) atoms. The molecular weight excluding hydrogens is 432 g/mol. The normalized spacial score (nSPS) is 24.1. The molecule has 1 spiro atoms. The maximum Gasteiger partial charge on any atom is 0.413 e. The predicted molar refractivity (Wildman–Crippen MR) is 130 cm³/mol. The summed E-state index contributed by atoms with van der Waals surface area (Å²) < 4.78 is 5.26. The molecule has 2 heterocycles. The van der Waals surface area contributed by atoms with Crippen molar-refractivity contribution in [2.45, 2.75) is 91.2 Å². The lowest BCUT2D eigenvalue weighted by molar-refractivity contribution is -0.151. The van der Waals surface area contributed by atoms with E-state index in [9.17, 15) is 14.4 Å². The van der Waals surface area contributed by atoms with Crippen LogP contribution in [0, 0.1) is 24.2 Å². The molecule has 0 aromatic carbocycles. The molecule has 8 nitrogen and oxygen atoms in total. The lowest BCUT2D eigenvalue weighted by Crippen LogP contribution is -2.58. The van der Waals surface area contributed by atoms with Crippen LogP contribution in [0.5, 0.6) is 0 Å². The second kappa shape index (κ2) is 9.19. The topological polar surface area (TPSA) is 101 Å². The van der Waals surface area contributed by atoms with Crippen LogP contribution >= 0.6 is 0 Å². The Labute approximate surface area is 202 Å². The lowest BCUT2D eigenvalue weighted by atomic mass is 9.50. The van der Waals surface area contributed by atoms with Gasteiger partial charge >= 0.3 is 17.9 Å². The molecule has 2 atom stereocenters. The Balaban J connectivity index is 1.37. The minimum atomic E-state index is -0.633. The number of ether oxygens (including phenoxy) is 1. The monoisotopic (exact) mass is 470 g/mol. The molecule has 2 unspecified atom stereocenters. The van der Waals surface area contributed by atoms with Crippen molar-refractivity contribution < 1.29 is 19.1 Å². The molecule has 1 aliphatic heterocycles. The van der Waals surface area contributed by atoms with Crippen molar-refractivity contribution in [3.05, 3.63) is 17.8 Å². The lowest BCUT2D eigenvalue weighted by Gasteiger charge is -2.58. The number of anilines is 2. The fourth-order valence-corrected chi connectivity index (χ4v) is 5.80. The average molecular weight is 471 g/mol. The van der Waals surface area contributed by atoms with Gasteiger partial charge in [-0.2, -0.15) is 0 Å². The number of carbonyl (C=O) groups is 3. The Morgan fingerprint density at radius 2 is 1.85 bits per heavy atom. The highest BCUT2D eigenvalue weighted by molar-refractivity contribution is 6.39. The van der Waals surface area contributed by atoms with E-state index in [0.717, 1.165) is 12.8 Å². The van der Waals surface area contributed by atoms with E-state index in [2.05, 4.69) is 22.5 Å². The largest absolute Gasteiger partial charge is 0.444 e. The van der Waals surface area contributed by atoms with E-state index in [-0.39, 0.29) is 6.04 Å². The number of nitrogens with one attached hydrogen (secondary N) is 2. The maximum absolute atomic E-state index is 13.2. The van der Waals surface area contributed by atoms with Crippen molar-refractivity contribution >= 4 is 29.4 Å². The van der Waals surface area contributed by atoms with Gasteiger partial charge in [-0.15, -0.1) is 0 Å². The molecule has 8 heteroatoms. The smallest absolute Gasteiger partial charge is 0.413 e. The molecule has 2 N–H and O–H groups in total. The fourth-order valence-electron chi connectivity index (χ4n) is 5.80. The van der Waals surface area contributed by atoms with Gasteiger partial charge in [0.15, 0.2) is 0 Å². The van der Waals surface area contributed by atoms with E-state index >= 15 is 0 Å². The van der Waals surface area contributed by atoms with Crippen molar-refractivity contribution in [2.75, 3.05) is 17.2 Å². The molecule has 1 aromatic rings. The third-order valence-electron chi connectivity index (χ3n) is 7.62. The van der Waals surface area contributed by atoms with Crippen molar-refractivity contribution in [3.8, 4) is 0 Å². The van der Waals surface area contributed by atoms with Crippen LogP contribution < -0.4 is 10.6 Å². The number of hydrogen-bond donors (Lipinski definition) is 2. The Morgan fingerprint density at radius 3 is 2.44 bits per heavy atom. The van der Waals surface area contributed by atoms with Crippen LogP contribution in [0.3, 0.4) is 0 Å². The van der Waals surface area contributed by atoms with Crippen molar-refractivity contribution in [1.82, 2.24) is 9.88 Å². The minimum Gasteiger partial charge on any atom is -0.444 e. The van der Waals surface area contributed by atoms with Crippen molar-refractivity contribution in [1.29, 1.82) is 0 Å². The summed E-state index contributed by atoms with van der Waals surface area (Å²) in [4.78, 5) is 44.2. The number of carbonyl (C=O) groups excluding carboxylic acids is 3. The third kappa shape index (κ3) is 5.36. The highest BCUT2D eigenvalue weighted by Crippen LogP contribution is 2.60. The second-order valence-electron chi connectivity index (χ2n) is 11.7. The van der Waals surface area contributed by atoms with Gasteiger partial charge in [0, 0.05) is 12.6 Å². The highest BCUT2D eigenvalue weighted by Gasteiger charge is 2.52. The van der Waals surface area contributed by atoms with Gasteiger partial charge in [-0.3, -0.25) is 14.9 Å².